The van der Waals surface area contributed by atoms with Gasteiger partial charge < -0.3 is 4.55 Å². The minimum absolute atomic E-state index is 0.537. The summed E-state index contributed by atoms with van der Waals surface area (Å²) in [6, 6.07) is 15.0. The van der Waals surface area contributed by atoms with Gasteiger partial charge in [0.1, 0.15) is 0 Å². The fourth-order valence-electron chi connectivity index (χ4n) is 1.99. The molecule has 0 saturated carbocycles. The third kappa shape index (κ3) is 1.72. The Hall–Kier alpha value is -2.02. The van der Waals surface area contributed by atoms with Gasteiger partial charge >= 0.3 is 0 Å². The Kier molecular flexibility index (Phi) is 2.67. The molecule has 0 amide bonds. The molecule has 0 saturated heterocycles. The van der Waals surface area contributed by atoms with Crippen molar-refractivity contribution in [2.24, 2.45) is 0 Å². The summed E-state index contributed by atoms with van der Waals surface area (Å²) >= 11 is -1.23. The lowest BCUT2D eigenvalue weighted by molar-refractivity contribution is 0.595. The summed E-state index contributed by atoms with van der Waals surface area (Å²) < 4.78 is 12.6. The molecule has 0 bridgehead atoms. The second-order valence-electron chi connectivity index (χ2n) is 4.00. The highest BCUT2D eigenvalue weighted by atomic mass is 32.2. The Morgan fingerprint density at radius 1 is 0.944 bits per heavy atom. The van der Waals surface area contributed by atoms with Crippen LogP contribution in [0.1, 0.15) is 16.7 Å². The van der Waals surface area contributed by atoms with Gasteiger partial charge in [-0.25, -0.2) is 0 Å². The quantitative estimate of drug-likeness (QED) is 0.675. The Labute approximate surface area is 108 Å². The number of hydrogen-bond donors (Lipinski definition) is 0. The summed E-state index contributed by atoms with van der Waals surface area (Å²) in [5.74, 6) is 0. The number of fused-ring (bicyclic) bond motifs is 2. The van der Waals surface area contributed by atoms with E-state index in [0.29, 0.717) is 10.5 Å². The first kappa shape index (κ1) is 11.1. The van der Waals surface area contributed by atoms with Crippen molar-refractivity contribution in [3.05, 3.63) is 59.2 Å². The van der Waals surface area contributed by atoms with Crippen LogP contribution in [-0.4, -0.2) is 4.55 Å². The van der Waals surface area contributed by atoms with E-state index in [1.807, 2.05) is 42.5 Å². The Bertz CT molecular complexity index is 685. The summed E-state index contributed by atoms with van der Waals surface area (Å²) in [5, 5.41) is 8.92. The molecule has 1 heterocycles. The van der Waals surface area contributed by atoms with Crippen LogP contribution >= 0.6 is 0 Å². The average molecular weight is 251 g/mol. The molecule has 2 aromatic rings. The highest BCUT2D eigenvalue weighted by molar-refractivity contribution is 7.91. The van der Waals surface area contributed by atoms with Gasteiger partial charge in [-0.2, -0.15) is 5.26 Å². The van der Waals surface area contributed by atoms with E-state index in [2.05, 4.69) is 6.07 Å². The van der Waals surface area contributed by atoms with Crippen molar-refractivity contribution in [1.82, 2.24) is 0 Å². The van der Waals surface area contributed by atoms with Gasteiger partial charge in [-0.05, 0) is 36.4 Å². The molecular weight excluding hydrogens is 242 g/mol. The van der Waals surface area contributed by atoms with Gasteiger partial charge in [0.25, 0.3) is 0 Å². The minimum atomic E-state index is -1.23. The molecular formula is C15H9NOS. The number of nitriles is 1. The second kappa shape index (κ2) is 4.34. The molecule has 18 heavy (non-hydrogen) atoms. The predicted octanol–water partition coefficient (Wildman–Crippen LogP) is 3.21. The summed E-state index contributed by atoms with van der Waals surface area (Å²) in [6.45, 7) is 0. The predicted molar refractivity (Wildman–Crippen MR) is 71.2 cm³/mol. The number of benzene rings is 2. The molecule has 3 heteroatoms. The Morgan fingerprint density at radius 2 is 1.67 bits per heavy atom. The van der Waals surface area contributed by atoms with Gasteiger partial charge in [-0.3, -0.25) is 0 Å². The van der Waals surface area contributed by atoms with Crippen LogP contribution in [0.15, 0.2) is 52.3 Å². The molecule has 2 nitrogen and oxygen atoms in total. The van der Waals surface area contributed by atoms with E-state index in [1.165, 1.54) is 0 Å². The van der Waals surface area contributed by atoms with E-state index in [1.54, 1.807) is 12.1 Å². The van der Waals surface area contributed by atoms with Crippen LogP contribution < -0.4 is 0 Å². The van der Waals surface area contributed by atoms with Gasteiger partial charge in [0, 0.05) is 28.4 Å². The van der Waals surface area contributed by atoms with E-state index in [9.17, 15) is 4.55 Å². The first-order valence-electron chi connectivity index (χ1n) is 5.52. The second-order valence-corrected chi connectivity index (χ2v) is 5.42. The van der Waals surface area contributed by atoms with Crippen molar-refractivity contribution < 1.29 is 4.55 Å². The van der Waals surface area contributed by atoms with Gasteiger partial charge in [-0.1, -0.05) is 12.1 Å². The fourth-order valence-corrected chi connectivity index (χ4v) is 3.36. The molecule has 1 atom stereocenters. The number of rotatable bonds is 0. The van der Waals surface area contributed by atoms with Crippen LogP contribution in [0.25, 0.3) is 12.2 Å². The van der Waals surface area contributed by atoms with Crippen LogP contribution in [0.5, 0.6) is 0 Å². The van der Waals surface area contributed by atoms with Crippen molar-refractivity contribution in [2.45, 2.75) is 9.79 Å². The standard InChI is InChI=1S/C15H9NOS/c16-10-11-5-6-13-8-7-12-3-1-2-4-14(12)18(17)15(13)9-11/h1-9H. The summed E-state index contributed by atoms with van der Waals surface area (Å²) in [6.07, 6.45) is 3.91. The summed E-state index contributed by atoms with van der Waals surface area (Å²) in [4.78, 5) is 1.50. The molecule has 0 radical (unpaired) electrons. The number of nitrogens with zero attached hydrogens (tertiary/aromatic N) is 1. The molecule has 0 fully saturated rings. The van der Waals surface area contributed by atoms with Gasteiger partial charge in [-0.15, -0.1) is 0 Å². The third-order valence-corrected chi connectivity index (χ3v) is 4.43. The van der Waals surface area contributed by atoms with Crippen LogP contribution in [-0.2, 0) is 11.2 Å². The van der Waals surface area contributed by atoms with E-state index >= 15 is 0 Å². The van der Waals surface area contributed by atoms with E-state index in [4.69, 9.17) is 5.26 Å². The van der Waals surface area contributed by atoms with Crippen LogP contribution in [0.2, 0.25) is 0 Å². The highest BCUT2D eigenvalue weighted by Crippen LogP contribution is 2.32. The fraction of sp³-hybridized carbons (Fsp3) is 0. The van der Waals surface area contributed by atoms with E-state index in [0.717, 1.165) is 16.0 Å². The molecule has 2 aromatic carbocycles. The minimum Gasteiger partial charge on any atom is -0.606 e. The molecule has 1 unspecified atom stereocenters. The Morgan fingerprint density at radius 3 is 2.44 bits per heavy atom. The molecule has 0 aliphatic carbocycles. The van der Waals surface area contributed by atoms with Crippen molar-refractivity contribution in [3.8, 4) is 6.07 Å². The van der Waals surface area contributed by atoms with E-state index in [-0.39, 0.29) is 0 Å². The topological polar surface area (TPSA) is 46.8 Å². The van der Waals surface area contributed by atoms with Crippen molar-refractivity contribution >= 4 is 23.3 Å². The molecule has 86 valence electrons. The molecule has 0 aromatic heterocycles. The SMILES string of the molecule is N#Cc1ccc2c(c1)[S+]([O-])c1ccccc1C=C2. The van der Waals surface area contributed by atoms with Gasteiger partial charge in [0.05, 0.1) is 11.6 Å². The average Bonchev–Trinajstić information content (AvgIpc) is 2.57. The normalized spacial score (nSPS) is 16.3. The highest BCUT2D eigenvalue weighted by Gasteiger charge is 2.23. The maximum Gasteiger partial charge on any atom is 0.167 e. The summed E-state index contributed by atoms with van der Waals surface area (Å²) in [7, 11) is 0. The molecule has 1 aliphatic rings. The first-order chi connectivity index (χ1) is 8.79. The van der Waals surface area contributed by atoms with Crippen molar-refractivity contribution in [3.63, 3.8) is 0 Å². The maximum atomic E-state index is 12.6. The molecule has 3 rings (SSSR count). The third-order valence-electron chi connectivity index (χ3n) is 2.90. The molecule has 0 N–H and O–H groups in total. The van der Waals surface area contributed by atoms with Crippen LogP contribution in [0.3, 0.4) is 0 Å². The zero-order valence-corrected chi connectivity index (χ0v) is 10.3. The smallest absolute Gasteiger partial charge is 0.167 e. The lowest BCUT2D eigenvalue weighted by atomic mass is 10.1. The zero-order chi connectivity index (χ0) is 12.5. The number of hydrogen-bond acceptors (Lipinski definition) is 2. The van der Waals surface area contributed by atoms with Gasteiger partial charge in [0.2, 0.25) is 0 Å². The maximum absolute atomic E-state index is 12.6. The zero-order valence-electron chi connectivity index (χ0n) is 9.46. The van der Waals surface area contributed by atoms with Crippen LogP contribution in [0, 0.1) is 11.3 Å². The lowest BCUT2D eigenvalue weighted by Crippen LogP contribution is -2.04. The van der Waals surface area contributed by atoms with Crippen LogP contribution in [0.4, 0.5) is 0 Å². The lowest BCUT2D eigenvalue weighted by Gasteiger charge is -2.12. The van der Waals surface area contributed by atoms with Crippen molar-refractivity contribution in [2.75, 3.05) is 0 Å². The Balaban J connectivity index is 2.24. The first-order valence-corrected chi connectivity index (χ1v) is 6.67. The largest absolute Gasteiger partial charge is 0.606 e. The van der Waals surface area contributed by atoms with E-state index < -0.39 is 11.2 Å². The molecule has 0 spiro atoms. The van der Waals surface area contributed by atoms with Crippen molar-refractivity contribution in [1.29, 1.82) is 5.26 Å². The molecule has 1 aliphatic heterocycles. The monoisotopic (exact) mass is 251 g/mol. The van der Waals surface area contributed by atoms with Gasteiger partial charge in [0.15, 0.2) is 9.79 Å². The summed E-state index contributed by atoms with van der Waals surface area (Å²) in [5.41, 5.74) is 2.41.